The molecule has 0 aliphatic carbocycles. The second kappa shape index (κ2) is 8.78. The Balaban J connectivity index is 1.32. The molecule has 33 heavy (non-hydrogen) atoms. The first-order valence-electron chi connectivity index (χ1n) is 10.5. The fraction of sp³-hybridized carbons (Fsp3) is 0.167. The van der Waals surface area contributed by atoms with E-state index in [2.05, 4.69) is 10.3 Å². The molecule has 0 radical (unpaired) electrons. The molecule has 0 unspecified atom stereocenters. The number of benzene rings is 3. The molecule has 1 aliphatic rings. The number of fused-ring (bicyclic) bond motifs is 2. The maximum atomic E-state index is 13.4. The molecular weight excluding hydrogens is 478 g/mol. The van der Waals surface area contributed by atoms with Crippen molar-refractivity contribution in [3.63, 3.8) is 0 Å². The van der Waals surface area contributed by atoms with E-state index in [1.807, 2.05) is 42.5 Å². The minimum absolute atomic E-state index is 0.0697. The zero-order valence-corrected chi connectivity index (χ0v) is 19.9. The van der Waals surface area contributed by atoms with Crippen molar-refractivity contribution in [2.75, 3.05) is 17.4 Å². The minimum Gasteiger partial charge on any atom is -0.352 e. The molecule has 5 rings (SSSR count). The molecule has 0 fully saturated rings. The topological polar surface area (TPSA) is 79.4 Å². The third-order valence-corrected chi connectivity index (χ3v) is 8.96. The fourth-order valence-electron chi connectivity index (χ4n) is 3.93. The van der Waals surface area contributed by atoms with Gasteiger partial charge >= 0.3 is 0 Å². The first-order valence-corrected chi connectivity index (χ1v) is 13.1. The van der Waals surface area contributed by atoms with Crippen LogP contribution in [0.4, 0.5) is 5.69 Å². The van der Waals surface area contributed by atoms with Gasteiger partial charge in [-0.1, -0.05) is 41.9 Å². The number of rotatable bonds is 6. The SMILES string of the molecule is O=C(NCCc1nc2ccccc2s1)c1ccc(Cl)c(S(=O)(=O)N2CCc3ccccc32)c1. The summed E-state index contributed by atoms with van der Waals surface area (Å²) in [5, 5.41) is 3.87. The largest absolute Gasteiger partial charge is 0.352 e. The fourth-order valence-corrected chi connectivity index (χ4v) is 6.90. The predicted molar refractivity (Wildman–Crippen MR) is 132 cm³/mol. The van der Waals surface area contributed by atoms with Crippen LogP contribution in [0.3, 0.4) is 0 Å². The van der Waals surface area contributed by atoms with Gasteiger partial charge in [-0.25, -0.2) is 13.4 Å². The van der Waals surface area contributed by atoms with Crippen LogP contribution in [-0.4, -0.2) is 32.4 Å². The van der Waals surface area contributed by atoms with Crippen molar-refractivity contribution < 1.29 is 13.2 Å². The van der Waals surface area contributed by atoms with E-state index in [1.165, 1.54) is 22.5 Å². The van der Waals surface area contributed by atoms with Crippen LogP contribution in [0.1, 0.15) is 20.9 Å². The summed E-state index contributed by atoms with van der Waals surface area (Å²) < 4.78 is 29.2. The number of thiazole rings is 1. The molecule has 168 valence electrons. The van der Waals surface area contributed by atoms with E-state index in [0.29, 0.717) is 31.6 Å². The average Bonchev–Trinajstić information content (AvgIpc) is 3.43. The van der Waals surface area contributed by atoms with Crippen molar-refractivity contribution in [3.8, 4) is 0 Å². The summed E-state index contributed by atoms with van der Waals surface area (Å²) in [5.41, 5.74) is 2.81. The van der Waals surface area contributed by atoms with Crippen LogP contribution in [0.15, 0.2) is 71.6 Å². The maximum absolute atomic E-state index is 13.4. The van der Waals surface area contributed by atoms with Gasteiger partial charge in [0.2, 0.25) is 0 Å². The van der Waals surface area contributed by atoms with Crippen molar-refractivity contribution in [1.82, 2.24) is 10.3 Å². The molecule has 1 N–H and O–H groups in total. The van der Waals surface area contributed by atoms with Gasteiger partial charge in [0.1, 0.15) is 4.90 Å². The van der Waals surface area contributed by atoms with Gasteiger partial charge in [-0.2, -0.15) is 0 Å². The first kappa shape index (κ1) is 21.9. The van der Waals surface area contributed by atoms with Crippen molar-refractivity contribution in [2.45, 2.75) is 17.7 Å². The molecule has 6 nitrogen and oxygen atoms in total. The molecular formula is C24H20ClN3O3S2. The van der Waals surface area contributed by atoms with E-state index in [0.717, 1.165) is 20.8 Å². The molecule has 4 aromatic rings. The summed E-state index contributed by atoms with van der Waals surface area (Å²) >= 11 is 7.87. The summed E-state index contributed by atoms with van der Waals surface area (Å²) in [5.74, 6) is -0.356. The average molecular weight is 498 g/mol. The molecule has 0 atom stereocenters. The zero-order chi connectivity index (χ0) is 23.0. The number of nitrogens with one attached hydrogen (secondary N) is 1. The molecule has 0 bridgehead atoms. The molecule has 0 saturated carbocycles. The number of anilines is 1. The Morgan fingerprint density at radius 1 is 1.09 bits per heavy atom. The van der Waals surface area contributed by atoms with Crippen LogP contribution in [0, 0.1) is 0 Å². The summed E-state index contributed by atoms with van der Waals surface area (Å²) in [6.45, 7) is 0.736. The van der Waals surface area contributed by atoms with Crippen LogP contribution in [-0.2, 0) is 22.9 Å². The highest BCUT2D eigenvalue weighted by Crippen LogP contribution is 2.35. The number of hydrogen-bond donors (Lipinski definition) is 1. The predicted octanol–water partition coefficient (Wildman–Crippen LogP) is 4.67. The zero-order valence-electron chi connectivity index (χ0n) is 17.5. The number of amides is 1. The van der Waals surface area contributed by atoms with Crippen LogP contribution in [0.2, 0.25) is 5.02 Å². The van der Waals surface area contributed by atoms with Gasteiger partial charge in [-0.3, -0.25) is 9.10 Å². The number of para-hydroxylation sites is 2. The Labute approximate surface area is 200 Å². The molecule has 1 amide bonds. The lowest BCUT2D eigenvalue weighted by molar-refractivity contribution is 0.0954. The summed E-state index contributed by atoms with van der Waals surface area (Å²) in [6, 6.07) is 19.6. The van der Waals surface area contributed by atoms with E-state index in [9.17, 15) is 13.2 Å². The third-order valence-electron chi connectivity index (χ3n) is 5.57. The lowest BCUT2D eigenvalue weighted by atomic mass is 10.2. The number of sulfonamides is 1. The molecule has 2 heterocycles. The van der Waals surface area contributed by atoms with Crippen molar-refractivity contribution in [2.24, 2.45) is 0 Å². The van der Waals surface area contributed by atoms with Crippen molar-refractivity contribution >= 4 is 54.8 Å². The maximum Gasteiger partial charge on any atom is 0.265 e. The van der Waals surface area contributed by atoms with Gasteiger partial charge in [-0.05, 0) is 48.4 Å². The number of hydrogen-bond acceptors (Lipinski definition) is 5. The Morgan fingerprint density at radius 3 is 2.73 bits per heavy atom. The Hall–Kier alpha value is -2.94. The normalized spacial score (nSPS) is 13.3. The van der Waals surface area contributed by atoms with E-state index in [-0.39, 0.29) is 21.4 Å². The van der Waals surface area contributed by atoms with E-state index in [4.69, 9.17) is 11.6 Å². The Morgan fingerprint density at radius 2 is 1.88 bits per heavy atom. The molecule has 1 aromatic heterocycles. The van der Waals surface area contributed by atoms with Gasteiger partial charge in [0, 0.05) is 25.1 Å². The second-order valence-corrected chi connectivity index (χ2v) is 11.0. The van der Waals surface area contributed by atoms with E-state index in [1.54, 1.807) is 17.4 Å². The van der Waals surface area contributed by atoms with Crippen molar-refractivity contribution in [1.29, 1.82) is 0 Å². The molecule has 9 heteroatoms. The number of carbonyl (C=O) groups is 1. The lowest BCUT2D eigenvalue weighted by Gasteiger charge is -2.20. The number of aromatic nitrogens is 1. The monoisotopic (exact) mass is 497 g/mol. The minimum atomic E-state index is -3.90. The van der Waals surface area contributed by atoms with E-state index >= 15 is 0 Å². The highest BCUT2D eigenvalue weighted by molar-refractivity contribution is 7.93. The standard InChI is InChI=1S/C24H20ClN3O3S2/c25-18-10-9-17(24(29)26-13-11-23-27-19-6-2-4-8-21(19)32-23)15-22(18)33(30,31)28-14-12-16-5-1-3-7-20(16)28/h1-10,15H,11-14H2,(H,26,29). The summed E-state index contributed by atoms with van der Waals surface area (Å²) in [6.07, 6.45) is 1.23. The van der Waals surface area contributed by atoms with Crippen LogP contribution in [0.5, 0.6) is 0 Å². The summed E-state index contributed by atoms with van der Waals surface area (Å²) in [4.78, 5) is 17.2. The smallest absolute Gasteiger partial charge is 0.265 e. The highest BCUT2D eigenvalue weighted by atomic mass is 35.5. The van der Waals surface area contributed by atoms with Crippen LogP contribution >= 0.6 is 22.9 Å². The van der Waals surface area contributed by atoms with Gasteiger partial charge in [0.05, 0.1) is 25.9 Å². The van der Waals surface area contributed by atoms with Gasteiger partial charge in [-0.15, -0.1) is 11.3 Å². The first-order chi connectivity index (χ1) is 15.9. The summed E-state index contributed by atoms with van der Waals surface area (Å²) in [7, 11) is -3.90. The van der Waals surface area contributed by atoms with Gasteiger partial charge in [0.25, 0.3) is 15.9 Å². The number of carbonyl (C=O) groups excluding carboxylic acids is 1. The Bertz CT molecular complexity index is 1430. The van der Waals surface area contributed by atoms with Crippen LogP contribution in [0.25, 0.3) is 10.2 Å². The van der Waals surface area contributed by atoms with Crippen molar-refractivity contribution in [3.05, 3.63) is 87.9 Å². The quantitative estimate of drug-likeness (QED) is 0.419. The van der Waals surface area contributed by atoms with E-state index < -0.39 is 10.0 Å². The third kappa shape index (κ3) is 4.21. The molecule has 0 saturated heterocycles. The molecule has 3 aromatic carbocycles. The highest BCUT2D eigenvalue weighted by Gasteiger charge is 2.32. The Kier molecular flexibility index (Phi) is 5.82. The second-order valence-electron chi connectivity index (χ2n) is 7.68. The van der Waals surface area contributed by atoms with Crippen LogP contribution < -0.4 is 9.62 Å². The lowest BCUT2D eigenvalue weighted by Crippen LogP contribution is -2.30. The van der Waals surface area contributed by atoms with Gasteiger partial charge < -0.3 is 5.32 Å². The molecule has 0 spiro atoms. The number of halogens is 1. The molecule has 1 aliphatic heterocycles. The number of nitrogens with zero attached hydrogens (tertiary/aromatic N) is 2. The van der Waals surface area contributed by atoms with Gasteiger partial charge in [0.15, 0.2) is 0 Å².